The molecular formula is C24H36O4. The van der Waals surface area contributed by atoms with Crippen LogP contribution in [-0.2, 0) is 9.59 Å². The third kappa shape index (κ3) is 6.16. The molecule has 156 valence electrons. The Labute approximate surface area is 169 Å². The third-order valence-electron chi connectivity index (χ3n) is 6.50. The zero-order valence-corrected chi connectivity index (χ0v) is 17.3. The molecule has 2 aliphatic carbocycles. The van der Waals surface area contributed by atoms with Crippen molar-refractivity contribution in [2.75, 3.05) is 0 Å². The van der Waals surface area contributed by atoms with Crippen LogP contribution in [-0.4, -0.2) is 28.1 Å². The van der Waals surface area contributed by atoms with Crippen molar-refractivity contribution in [3.63, 3.8) is 0 Å². The van der Waals surface area contributed by atoms with Gasteiger partial charge in [0.05, 0.1) is 6.10 Å². The minimum atomic E-state index is -0.776. The number of ketones is 1. The van der Waals surface area contributed by atoms with Crippen LogP contribution in [0.5, 0.6) is 0 Å². The van der Waals surface area contributed by atoms with Gasteiger partial charge in [-0.15, -0.1) is 0 Å². The van der Waals surface area contributed by atoms with Crippen LogP contribution in [0.2, 0.25) is 0 Å². The van der Waals surface area contributed by atoms with Gasteiger partial charge < -0.3 is 10.2 Å². The van der Waals surface area contributed by atoms with Gasteiger partial charge in [-0.05, 0) is 49.5 Å². The number of carbonyl (C=O) groups is 2. The molecule has 4 heteroatoms. The quantitative estimate of drug-likeness (QED) is 0.457. The monoisotopic (exact) mass is 388 g/mol. The van der Waals surface area contributed by atoms with Crippen LogP contribution in [0.3, 0.4) is 0 Å². The lowest BCUT2D eigenvalue weighted by atomic mass is 9.62. The lowest BCUT2D eigenvalue weighted by Crippen LogP contribution is -2.40. The Kier molecular flexibility index (Phi) is 8.68. The first-order chi connectivity index (χ1) is 13.4. The van der Waals surface area contributed by atoms with E-state index >= 15 is 0 Å². The van der Waals surface area contributed by atoms with Crippen molar-refractivity contribution in [3.8, 4) is 0 Å². The number of unbranched alkanes of at least 4 members (excludes halogenated alkanes) is 1. The second-order valence-electron chi connectivity index (χ2n) is 8.67. The van der Waals surface area contributed by atoms with Gasteiger partial charge in [-0.2, -0.15) is 0 Å². The number of aliphatic hydroxyl groups is 1. The summed E-state index contributed by atoms with van der Waals surface area (Å²) in [4.78, 5) is 22.9. The summed E-state index contributed by atoms with van der Waals surface area (Å²) in [6, 6.07) is 0. The van der Waals surface area contributed by atoms with Crippen molar-refractivity contribution in [1.82, 2.24) is 0 Å². The van der Waals surface area contributed by atoms with Gasteiger partial charge in [-0.1, -0.05) is 63.5 Å². The first-order valence-corrected chi connectivity index (χ1v) is 10.8. The molecule has 0 saturated heterocycles. The zero-order chi connectivity index (χ0) is 20.6. The molecule has 2 aliphatic rings. The molecule has 4 nitrogen and oxygen atoms in total. The van der Waals surface area contributed by atoms with E-state index in [1.807, 2.05) is 37.3 Å². The maximum Gasteiger partial charge on any atom is 0.303 e. The summed E-state index contributed by atoms with van der Waals surface area (Å²) >= 11 is 0. The summed E-state index contributed by atoms with van der Waals surface area (Å²) < 4.78 is 0. The highest BCUT2D eigenvalue weighted by atomic mass is 16.4. The predicted octanol–water partition coefficient (Wildman–Crippen LogP) is 5.08. The van der Waals surface area contributed by atoms with Crippen molar-refractivity contribution in [2.24, 2.45) is 23.2 Å². The number of carbonyl (C=O) groups excluding carboxylic acids is 1. The Balaban J connectivity index is 1.89. The van der Waals surface area contributed by atoms with Crippen LogP contribution >= 0.6 is 0 Å². The lowest BCUT2D eigenvalue weighted by Gasteiger charge is -2.45. The molecule has 0 heterocycles. The van der Waals surface area contributed by atoms with Crippen LogP contribution in [0, 0.1) is 23.2 Å². The fourth-order valence-corrected chi connectivity index (χ4v) is 4.32. The molecule has 0 spiro atoms. The molecule has 0 radical (unpaired) electrons. The van der Waals surface area contributed by atoms with Gasteiger partial charge >= 0.3 is 5.97 Å². The Morgan fingerprint density at radius 3 is 2.71 bits per heavy atom. The van der Waals surface area contributed by atoms with E-state index in [9.17, 15) is 14.7 Å². The molecule has 4 atom stereocenters. The first kappa shape index (κ1) is 22.6. The Hall–Kier alpha value is -1.68. The summed E-state index contributed by atoms with van der Waals surface area (Å²) in [5.74, 6) is -0.532. The van der Waals surface area contributed by atoms with Crippen molar-refractivity contribution in [1.29, 1.82) is 0 Å². The molecule has 0 bridgehead atoms. The highest BCUT2D eigenvalue weighted by Gasteiger charge is 2.41. The van der Waals surface area contributed by atoms with Crippen molar-refractivity contribution >= 4 is 11.8 Å². The number of aliphatic carboxylic acids is 1. The second-order valence-corrected chi connectivity index (χ2v) is 8.67. The maximum atomic E-state index is 12.2. The number of hydrogen-bond acceptors (Lipinski definition) is 3. The predicted molar refractivity (Wildman–Crippen MR) is 112 cm³/mol. The molecule has 1 unspecified atom stereocenters. The van der Waals surface area contributed by atoms with Crippen molar-refractivity contribution in [2.45, 2.75) is 77.7 Å². The van der Waals surface area contributed by atoms with Gasteiger partial charge in [0.1, 0.15) is 0 Å². The van der Waals surface area contributed by atoms with Crippen LogP contribution in [0.4, 0.5) is 0 Å². The Morgan fingerprint density at radius 2 is 2.11 bits per heavy atom. The van der Waals surface area contributed by atoms with E-state index in [1.165, 1.54) is 6.42 Å². The fourth-order valence-electron chi connectivity index (χ4n) is 4.32. The van der Waals surface area contributed by atoms with Gasteiger partial charge in [-0.25, -0.2) is 0 Å². The molecule has 0 aromatic rings. The Morgan fingerprint density at radius 1 is 1.36 bits per heavy atom. The molecule has 0 aromatic carbocycles. The third-order valence-corrected chi connectivity index (χ3v) is 6.50. The number of carboxylic acid groups (broad SMARTS) is 1. The van der Waals surface area contributed by atoms with Crippen LogP contribution in [0.1, 0.15) is 71.6 Å². The molecule has 2 N–H and O–H groups in total. The lowest BCUT2D eigenvalue weighted by molar-refractivity contribution is -0.137. The second kappa shape index (κ2) is 10.8. The van der Waals surface area contributed by atoms with Crippen molar-refractivity contribution < 1.29 is 19.8 Å². The summed E-state index contributed by atoms with van der Waals surface area (Å²) in [5.41, 5.74) is 0.0494. The van der Waals surface area contributed by atoms with Gasteiger partial charge in [0.2, 0.25) is 0 Å². The molecule has 0 aromatic heterocycles. The largest absolute Gasteiger partial charge is 0.481 e. The average molecular weight is 389 g/mol. The summed E-state index contributed by atoms with van der Waals surface area (Å²) in [7, 11) is 0. The standard InChI is InChI=1S/C24H36O4/c1-3-4-15-24(16-6-17-24)22(26)13-11-19-10-12-21(25)20(19)8-5-7-18(2)9-14-23(27)28/h5,7,10-13,18-20,22,26H,3-4,6,8-9,14-17H2,1-2H3,(H,27,28)/t18-,19+,20+,22?/m0/s1. The maximum absolute atomic E-state index is 12.2. The minimum absolute atomic E-state index is 0.0319. The number of aliphatic hydroxyl groups excluding tert-OH is 1. The van der Waals surface area contributed by atoms with Gasteiger partial charge in [-0.3, -0.25) is 9.59 Å². The van der Waals surface area contributed by atoms with Gasteiger partial charge in [0, 0.05) is 18.3 Å². The van der Waals surface area contributed by atoms with E-state index in [2.05, 4.69) is 6.92 Å². The smallest absolute Gasteiger partial charge is 0.303 e. The molecule has 1 fully saturated rings. The Bertz CT molecular complexity index is 612. The van der Waals surface area contributed by atoms with Gasteiger partial charge in [0.15, 0.2) is 5.78 Å². The van der Waals surface area contributed by atoms with Crippen molar-refractivity contribution in [3.05, 3.63) is 36.5 Å². The number of hydrogen-bond donors (Lipinski definition) is 2. The molecular weight excluding hydrogens is 352 g/mol. The normalized spacial score (nSPS) is 26.0. The molecule has 28 heavy (non-hydrogen) atoms. The molecule has 0 amide bonds. The van der Waals surface area contributed by atoms with Crippen LogP contribution < -0.4 is 0 Å². The van der Waals surface area contributed by atoms with Crippen LogP contribution in [0.15, 0.2) is 36.5 Å². The summed E-state index contributed by atoms with van der Waals surface area (Å²) in [6.07, 6.45) is 19.3. The highest BCUT2D eigenvalue weighted by Crippen LogP contribution is 2.48. The van der Waals surface area contributed by atoms with E-state index in [-0.39, 0.29) is 35.4 Å². The topological polar surface area (TPSA) is 74.6 Å². The molecule has 1 saturated carbocycles. The molecule has 2 rings (SSSR count). The summed E-state index contributed by atoms with van der Waals surface area (Å²) in [5, 5.41) is 19.5. The first-order valence-electron chi connectivity index (χ1n) is 10.8. The number of rotatable bonds is 12. The zero-order valence-electron chi connectivity index (χ0n) is 17.3. The van der Waals surface area contributed by atoms with E-state index < -0.39 is 12.1 Å². The number of allylic oxidation sites excluding steroid dienone is 5. The highest BCUT2D eigenvalue weighted by molar-refractivity contribution is 5.95. The van der Waals surface area contributed by atoms with E-state index in [4.69, 9.17) is 5.11 Å². The van der Waals surface area contributed by atoms with Crippen LogP contribution in [0.25, 0.3) is 0 Å². The van der Waals surface area contributed by atoms with E-state index in [0.29, 0.717) is 12.8 Å². The SMILES string of the molecule is CCCCC1(C(O)C=C[C@H]2C=CC(=O)[C@@H]2CC=C[C@H](C)CCC(=O)O)CCC1. The molecule has 0 aliphatic heterocycles. The van der Waals surface area contributed by atoms with E-state index in [1.54, 1.807) is 6.08 Å². The average Bonchev–Trinajstić information content (AvgIpc) is 2.97. The summed E-state index contributed by atoms with van der Waals surface area (Å²) in [6.45, 7) is 4.18. The fraction of sp³-hybridized carbons (Fsp3) is 0.667. The minimum Gasteiger partial charge on any atom is -0.481 e. The van der Waals surface area contributed by atoms with Gasteiger partial charge in [0.25, 0.3) is 0 Å². The number of carboxylic acids is 1. The van der Waals surface area contributed by atoms with E-state index in [0.717, 1.165) is 32.1 Å².